The van der Waals surface area contributed by atoms with E-state index in [1.165, 1.54) is 4.40 Å². The first kappa shape index (κ1) is 15.1. The third-order valence-electron chi connectivity index (χ3n) is 3.18. The number of halogens is 1. The minimum atomic E-state index is -1.23. The van der Waals surface area contributed by atoms with Crippen LogP contribution in [-0.4, -0.2) is 25.6 Å². The number of rotatable bonds is 4. The highest BCUT2D eigenvalue weighted by Gasteiger charge is 2.19. The van der Waals surface area contributed by atoms with Gasteiger partial charge in [-0.15, -0.1) is 10.2 Å². The van der Waals surface area contributed by atoms with Crippen molar-refractivity contribution in [3.63, 3.8) is 0 Å². The predicted molar refractivity (Wildman–Crippen MR) is 83.7 cm³/mol. The van der Waals surface area contributed by atoms with Gasteiger partial charge in [0, 0.05) is 11.8 Å². The summed E-state index contributed by atoms with van der Waals surface area (Å²) in [7, 11) is 0. The highest BCUT2D eigenvalue weighted by Crippen LogP contribution is 2.29. The van der Waals surface area contributed by atoms with Crippen LogP contribution in [0.15, 0.2) is 52.8 Å². The Morgan fingerprint density at radius 1 is 1.22 bits per heavy atom. The van der Waals surface area contributed by atoms with Gasteiger partial charge in [0.25, 0.3) is 0 Å². The Morgan fingerprint density at radius 3 is 2.70 bits per heavy atom. The maximum Gasteiger partial charge on any atom is 0.358 e. The van der Waals surface area contributed by atoms with Gasteiger partial charge in [0.1, 0.15) is 11.3 Å². The van der Waals surface area contributed by atoms with E-state index in [0.29, 0.717) is 21.9 Å². The molecule has 0 aliphatic rings. The zero-order valence-corrected chi connectivity index (χ0v) is 12.5. The van der Waals surface area contributed by atoms with Gasteiger partial charge in [0.2, 0.25) is 0 Å². The van der Waals surface area contributed by atoms with Crippen LogP contribution in [-0.2, 0) is 6.61 Å². The normalized spacial score (nSPS) is 11.4. The van der Waals surface area contributed by atoms with Crippen LogP contribution in [0, 0.1) is 0 Å². The number of carboxylic acid groups (broad SMARTS) is 1. The van der Waals surface area contributed by atoms with Crippen LogP contribution in [0.25, 0.3) is 5.65 Å². The minimum Gasteiger partial charge on any atom is -0.476 e. The summed E-state index contributed by atoms with van der Waals surface area (Å²) in [6.07, 6.45) is 1.61. The molecule has 2 heterocycles. The lowest BCUT2D eigenvalue weighted by Gasteiger charge is -2.00. The number of aliphatic hydroxyl groups excluding tert-OH is 1. The molecule has 0 saturated heterocycles. The number of pyridine rings is 1. The number of fused-ring (bicyclic) bond motifs is 1. The standard InChI is InChI=1S/C15H11ClN4O3/c16-10-5-1-2-6-11(10)18-19-14-12(15(22)23)17-13-9(8-21)4-3-7-20(13)14/h1-7,21H,8H2,(H,22,23). The van der Waals surface area contributed by atoms with Gasteiger partial charge in [-0.05, 0) is 18.2 Å². The molecule has 3 rings (SSSR count). The van der Waals surface area contributed by atoms with E-state index in [9.17, 15) is 15.0 Å². The van der Waals surface area contributed by atoms with Crippen molar-refractivity contribution >= 4 is 34.7 Å². The first-order chi connectivity index (χ1) is 11.1. The third-order valence-corrected chi connectivity index (χ3v) is 3.50. The summed E-state index contributed by atoms with van der Waals surface area (Å²) < 4.78 is 1.47. The maximum atomic E-state index is 11.4. The van der Waals surface area contributed by atoms with Crippen molar-refractivity contribution in [2.24, 2.45) is 10.2 Å². The topological polar surface area (TPSA) is 99.5 Å². The highest BCUT2D eigenvalue weighted by molar-refractivity contribution is 6.32. The van der Waals surface area contributed by atoms with Gasteiger partial charge in [-0.3, -0.25) is 4.40 Å². The Labute approximate surface area is 135 Å². The smallest absolute Gasteiger partial charge is 0.358 e. The van der Waals surface area contributed by atoms with Crippen LogP contribution in [0.3, 0.4) is 0 Å². The molecule has 0 bridgehead atoms. The Hall–Kier alpha value is -2.77. The molecular formula is C15H11ClN4O3. The summed E-state index contributed by atoms with van der Waals surface area (Å²) in [6.45, 7) is -0.262. The van der Waals surface area contributed by atoms with E-state index >= 15 is 0 Å². The number of nitrogens with zero attached hydrogens (tertiary/aromatic N) is 4. The van der Waals surface area contributed by atoms with Crippen molar-refractivity contribution in [3.8, 4) is 0 Å². The first-order valence-corrected chi connectivity index (χ1v) is 7.00. The fraction of sp³-hybridized carbons (Fsp3) is 0.0667. The summed E-state index contributed by atoms with van der Waals surface area (Å²) in [5.41, 5.74) is 0.982. The van der Waals surface area contributed by atoms with Gasteiger partial charge in [-0.1, -0.05) is 29.8 Å². The summed E-state index contributed by atoms with van der Waals surface area (Å²) in [4.78, 5) is 15.4. The summed E-state index contributed by atoms with van der Waals surface area (Å²) >= 11 is 6.01. The molecule has 0 atom stereocenters. The van der Waals surface area contributed by atoms with Crippen LogP contribution in [0.1, 0.15) is 16.1 Å². The number of aliphatic hydroxyl groups is 1. The molecule has 0 aliphatic heterocycles. The number of azo groups is 1. The Balaban J connectivity index is 2.18. The van der Waals surface area contributed by atoms with Gasteiger partial charge in [-0.2, -0.15) is 0 Å². The fourth-order valence-corrected chi connectivity index (χ4v) is 2.28. The molecule has 2 aromatic heterocycles. The third kappa shape index (κ3) is 2.79. The van der Waals surface area contributed by atoms with Gasteiger partial charge < -0.3 is 10.2 Å². The van der Waals surface area contributed by atoms with Crippen LogP contribution < -0.4 is 0 Å². The molecule has 23 heavy (non-hydrogen) atoms. The number of aromatic nitrogens is 2. The van der Waals surface area contributed by atoms with Gasteiger partial charge in [0.15, 0.2) is 11.5 Å². The van der Waals surface area contributed by atoms with Crippen molar-refractivity contribution < 1.29 is 15.0 Å². The highest BCUT2D eigenvalue weighted by atomic mass is 35.5. The predicted octanol–water partition coefficient (Wildman–Crippen LogP) is 3.59. The average Bonchev–Trinajstić information content (AvgIpc) is 2.93. The minimum absolute atomic E-state index is 0.0581. The van der Waals surface area contributed by atoms with Crippen LogP contribution in [0.4, 0.5) is 11.5 Å². The number of hydrogen-bond donors (Lipinski definition) is 2. The molecule has 7 nitrogen and oxygen atoms in total. The molecule has 0 spiro atoms. The molecule has 0 fully saturated rings. The SMILES string of the molecule is O=C(O)c1nc2c(CO)cccn2c1N=Nc1ccccc1Cl. The van der Waals surface area contributed by atoms with Crippen molar-refractivity contribution in [1.82, 2.24) is 9.38 Å². The number of carbonyl (C=O) groups is 1. The summed E-state index contributed by atoms with van der Waals surface area (Å²) in [5.74, 6) is -1.17. The van der Waals surface area contributed by atoms with Crippen molar-refractivity contribution in [2.75, 3.05) is 0 Å². The zero-order valence-electron chi connectivity index (χ0n) is 11.7. The molecule has 1 aromatic carbocycles. The first-order valence-electron chi connectivity index (χ1n) is 6.62. The lowest BCUT2D eigenvalue weighted by Crippen LogP contribution is -1.96. The van der Waals surface area contributed by atoms with E-state index in [1.807, 2.05) is 0 Å². The van der Waals surface area contributed by atoms with Crippen LogP contribution >= 0.6 is 11.6 Å². The second kappa shape index (κ2) is 6.15. The Morgan fingerprint density at radius 2 is 2.00 bits per heavy atom. The van der Waals surface area contributed by atoms with E-state index in [-0.39, 0.29) is 18.1 Å². The molecule has 0 unspecified atom stereocenters. The number of carboxylic acids is 1. The van der Waals surface area contributed by atoms with E-state index < -0.39 is 5.97 Å². The summed E-state index contributed by atoms with van der Waals surface area (Å²) in [6, 6.07) is 10.1. The molecule has 0 radical (unpaired) electrons. The van der Waals surface area contributed by atoms with E-state index in [1.54, 1.807) is 42.6 Å². The second-order valence-corrected chi connectivity index (χ2v) is 5.03. The number of benzene rings is 1. The molecule has 0 aliphatic carbocycles. The van der Waals surface area contributed by atoms with E-state index in [2.05, 4.69) is 15.2 Å². The molecule has 3 aromatic rings. The molecule has 2 N–H and O–H groups in total. The lowest BCUT2D eigenvalue weighted by molar-refractivity contribution is 0.0692. The number of imidazole rings is 1. The molecular weight excluding hydrogens is 320 g/mol. The number of hydrogen-bond acceptors (Lipinski definition) is 5. The molecule has 8 heteroatoms. The maximum absolute atomic E-state index is 11.4. The average molecular weight is 331 g/mol. The monoisotopic (exact) mass is 330 g/mol. The quantitative estimate of drug-likeness (QED) is 0.714. The second-order valence-electron chi connectivity index (χ2n) is 4.63. The molecule has 0 amide bonds. The fourth-order valence-electron chi connectivity index (χ4n) is 2.11. The van der Waals surface area contributed by atoms with Crippen molar-refractivity contribution in [3.05, 3.63) is 58.9 Å². The molecule has 116 valence electrons. The zero-order chi connectivity index (χ0) is 16.4. The molecule has 0 saturated carbocycles. The Kier molecular flexibility index (Phi) is 4.05. The van der Waals surface area contributed by atoms with Crippen molar-refractivity contribution in [1.29, 1.82) is 0 Å². The van der Waals surface area contributed by atoms with Crippen molar-refractivity contribution in [2.45, 2.75) is 6.61 Å². The van der Waals surface area contributed by atoms with Gasteiger partial charge >= 0.3 is 5.97 Å². The Bertz CT molecular complexity index is 920. The number of aromatic carboxylic acids is 1. The summed E-state index contributed by atoms with van der Waals surface area (Å²) in [5, 5.41) is 27.1. The largest absolute Gasteiger partial charge is 0.476 e. The van der Waals surface area contributed by atoms with Crippen LogP contribution in [0.5, 0.6) is 0 Å². The lowest BCUT2D eigenvalue weighted by atomic mass is 10.3. The van der Waals surface area contributed by atoms with Crippen LogP contribution in [0.2, 0.25) is 5.02 Å². The van der Waals surface area contributed by atoms with E-state index in [0.717, 1.165) is 0 Å². The van der Waals surface area contributed by atoms with E-state index in [4.69, 9.17) is 11.6 Å². The van der Waals surface area contributed by atoms with Gasteiger partial charge in [-0.25, -0.2) is 9.78 Å². The van der Waals surface area contributed by atoms with Gasteiger partial charge in [0.05, 0.1) is 11.6 Å².